The van der Waals surface area contributed by atoms with Crippen LogP contribution in [0.4, 0.5) is 0 Å². The smallest absolute Gasteiger partial charge is 0.333 e. The summed E-state index contributed by atoms with van der Waals surface area (Å²) < 4.78 is 27.4. The molecule has 1 saturated heterocycles. The van der Waals surface area contributed by atoms with Gasteiger partial charge in [0.05, 0.1) is 19.3 Å². The SMILES string of the molecule is CC(=O)OCc1ccc(OC2CC(O)CC(C(=O)O)O2)cc1OCCOCCNC(=O)CN1C(=O)C=CC1=O. The van der Waals surface area contributed by atoms with E-state index in [0.29, 0.717) is 11.3 Å². The molecule has 3 atom stereocenters. The summed E-state index contributed by atoms with van der Waals surface area (Å²) in [7, 11) is 0. The van der Waals surface area contributed by atoms with Gasteiger partial charge in [-0.05, 0) is 12.1 Å². The van der Waals surface area contributed by atoms with Crippen LogP contribution in [0.3, 0.4) is 0 Å². The van der Waals surface area contributed by atoms with Crippen molar-refractivity contribution < 1.29 is 57.9 Å². The quantitative estimate of drug-likeness (QED) is 0.154. The van der Waals surface area contributed by atoms with Gasteiger partial charge in [-0.3, -0.25) is 24.1 Å². The van der Waals surface area contributed by atoms with Gasteiger partial charge >= 0.3 is 11.9 Å². The number of benzene rings is 1. The highest BCUT2D eigenvalue weighted by molar-refractivity contribution is 6.14. The topological polar surface area (TPSA) is 187 Å². The lowest BCUT2D eigenvalue weighted by atomic mass is 10.1. The van der Waals surface area contributed by atoms with E-state index < -0.39 is 48.2 Å². The minimum Gasteiger partial charge on any atom is -0.491 e. The number of carbonyl (C=O) groups excluding carboxylic acids is 4. The van der Waals surface area contributed by atoms with Crippen molar-refractivity contribution in [3.8, 4) is 11.5 Å². The molecule has 3 N–H and O–H groups in total. The highest BCUT2D eigenvalue weighted by atomic mass is 16.7. The molecule has 3 rings (SSSR count). The van der Waals surface area contributed by atoms with Gasteiger partial charge in [-0.25, -0.2) is 4.79 Å². The molecule has 3 amide bonds. The van der Waals surface area contributed by atoms with E-state index in [0.717, 1.165) is 17.1 Å². The van der Waals surface area contributed by atoms with E-state index in [-0.39, 0.29) is 58.1 Å². The van der Waals surface area contributed by atoms with Gasteiger partial charge in [0, 0.05) is 50.1 Å². The molecule has 2 aliphatic heterocycles. The van der Waals surface area contributed by atoms with E-state index in [1.807, 2.05) is 0 Å². The van der Waals surface area contributed by atoms with Crippen LogP contribution in [-0.4, -0.2) is 96.2 Å². The Labute approximate surface area is 223 Å². The summed E-state index contributed by atoms with van der Waals surface area (Å²) in [6.45, 7) is 1.35. The molecule has 0 aliphatic carbocycles. The zero-order chi connectivity index (χ0) is 28.4. The van der Waals surface area contributed by atoms with E-state index in [9.17, 15) is 34.2 Å². The number of aliphatic hydroxyl groups is 1. The largest absolute Gasteiger partial charge is 0.491 e. The van der Waals surface area contributed by atoms with Crippen molar-refractivity contribution in [2.75, 3.05) is 32.9 Å². The molecule has 14 nitrogen and oxygen atoms in total. The van der Waals surface area contributed by atoms with Crippen LogP contribution in [0, 0.1) is 0 Å². The molecule has 3 unspecified atom stereocenters. The van der Waals surface area contributed by atoms with Gasteiger partial charge in [0.1, 0.15) is 31.3 Å². The fourth-order valence-electron chi connectivity index (χ4n) is 3.65. The Hall–Kier alpha value is -4.01. The highest BCUT2D eigenvalue weighted by Gasteiger charge is 2.34. The molecule has 1 fully saturated rings. The fraction of sp³-hybridized carbons (Fsp3) is 0.480. The Morgan fingerprint density at radius 3 is 2.54 bits per heavy atom. The van der Waals surface area contributed by atoms with Crippen molar-refractivity contribution in [3.05, 3.63) is 35.9 Å². The Morgan fingerprint density at radius 1 is 1.10 bits per heavy atom. The van der Waals surface area contributed by atoms with E-state index in [1.54, 1.807) is 12.1 Å². The maximum Gasteiger partial charge on any atom is 0.333 e. The molecule has 0 saturated carbocycles. The van der Waals surface area contributed by atoms with Gasteiger partial charge < -0.3 is 39.2 Å². The van der Waals surface area contributed by atoms with Crippen LogP contribution in [0.5, 0.6) is 11.5 Å². The number of aliphatic hydroxyl groups excluding tert-OH is 1. The van der Waals surface area contributed by atoms with Crippen LogP contribution in [0.2, 0.25) is 0 Å². The first-order valence-electron chi connectivity index (χ1n) is 12.1. The van der Waals surface area contributed by atoms with Gasteiger partial charge in [0.2, 0.25) is 12.2 Å². The molecule has 2 aliphatic rings. The van der Waals surface area contributed by atoms with Crippen molar-refractivity contribution in [1.29, 1.82) is 0 Å². The first kappa shape index (κ1) is 29.5. The number of amides is 3. The van der Waals surface area contributed by atoms with Gasteiger partial charge in [-0.15, -0.1) is 0 Å². The molecule has 0 bridgehead atoms. The predicted octanol–water partition coefficient (Wildman–Crippen LogP) is -0.484. The van der Waals surface area contributed by atoms with Crippen molar-refractivity contribution >= 4 is 29.7 Å². The molecule has 1 aromatic carbocycles. The van der Waals surface area contributed by atoms with Crippen molar-refractivity contribution in [2.45, 2.75) is 44.9 Å². The third-order valence-corrected chi connectivity index (χ3v) is 5.54. The van der Waals surface area contributed by atoms with Crippen molar-refractivity contribution in [2.24, 2.45) is 0 Å². The number of rotatable bonds is 14. The molecule has 0 aromatic heterocycles. The molecular formula is C25H30N2O12. The number of carboxylic acid groups (broad SMARTS) is 1. The van der Waals surface area contributed by atoms with Crippen molar-refractivity contribution in [1.82, 2.24) is 10.2 Å². The number of ether oxygens (including phenoxy) is 5. The van der Waals surface area contributed by atoms with Crippen LogP contribution < -0.4 is 14.8 Å². The van der Waals surface area contributed by atoms with E-state index in [1.165, 1.54) is 13.0 Å². The second kappa shape index (κ2) is 14.2. The second-order valence-electron chi connectivity index (χ2n) is 8.59. The zero-order valence-electron chi connectivity index (χ0n) is 21.2. The summed E-state index contributed by atoms with van der Waals surface area (Å²) in [6.07, 6.45) is -0.832. The predicted molar refractivity (Wildman–Crippen MR) is 129 cm³/mol. The number of hydrogen-bond acceptors (Lipinski definition) is 11. The summed E-state index contributed by atoms with van der Waals surface area (Å²) in [5, 5.41) is 21.7. The van der Waals surface area contributed by atoms with Gasteiger partial charge in [-0.2, -0.15) is 0 Å². The third kappa shape index (κ3) is 9.35. The molecule has 0 radical (unpaired) electrons. The number of esters is 1. The molecule has 1 aromatic rings. The third-order valence-electron chi connectivity index (χ3n) is 5.54. The molecule has 2 heterocycles. The monoisotopic (exact) mass is 550 g/mol. The minimum atomic E-state index is -1.20. The lowest BCUT2D eigenvalue weighted by Crippen LogP contribution is -2.42. The number of imide groups is 1. The minimum absolute atomic E-state index is 0.0379. The maximum atomic E-state index is 11.9. The van der Waals surface area contributed by atoms with E-state index in [4.69, 9.17) is 23.7 Å². The molecule has 0 spiro atoms. The van der Waals surface area contributed by atoms with E-state index in [2.05, 4.69) is 5.32 Å². The first-order valence-corrected chi connectivity index (χ1v) is 12.1. The number of carboxylic acids is 1. The Balaban J connectivity index is 1.45. The summed E-state index contributed by atoms with van der Waals surface area (Å²) in [6, 6.07) is 4.71. The molecule has 39 heavy (non-hydrogen) atoms. The summed E-state index contributed by atoms with van der Waals surface area (Å²) in [4.78, 5) is 58.2. The fourth-order valence-corrected chi connectivity index (χ4v) is 3.65. The molecular weight excluding hydrogens is 520 g/mol. The Morgan fingerprint density at radius 2 is 1.85 bits per heavy atom. The van der Waals surface area contributed by atoms with Gasteiger partial charge in [-0.1, -0.05) is 0 Å². The molecule has 212 valence electrons. The number of aliphatic carboxylic acids is 1. The Kier molecular flexibility index (Phi) is 10.8. The van der Waals surface area contributed by atoms with Gasteiger partial charge in [0.25, 0.3) is 11.8 Å². The number of nitrogens with zero attached hydrogens (tertiary/aromatic N) is 1. The average Bonchev–Trinajstić information content (AvgIpc) is 3.19. The standard InChI is InChI=1S/C25H30N2O12/c1-15(28)37-14-16-2-3-18(38-24-11-17(29)10-20(39-24)25(33)34)12-19(16)36-9-8-35-7-6-26-21(30)13-27-22(31)4-5-23(27)32/h2-5,12,17,20,24,29H,6-11,13-14H2,1H3,(H,26,30)(H,33,34). The zero-order valence-corrected chi connectivity index (χ0v) is 21.2. The summed E-state index contributed by atoms with van der Waals surface area (Å²) in [5.74, 6) is -2.66. The average molecular weight is 551 g/mol. The Bertz CT molecular complexity index is 1090. The van der Waals surface area contributed by atoms with Gasteiger partial charge in [0.15, 0.2) is 6.10 Å². The molecule has 14 heteroatoms. The first-order chi connectivity index (χ1) is 18.6. The lowest BCUT2D eigenvalue weighted by Gasteiger charge is -2.31. The van der Waals surface area contributed by atoms with Crippen LogP contribution in [-0.2, 0) is 44.8 Å². The van der Waals surface area contributed by atoms with Crippen molar-refractivity contribution in [3.63, 3.8) is 0 Å². The van der Waals surface area contributed by atoms with Crippen LogP contribution in [0.15, 0.2) is 30.4 Å². The number of nitrogens with one attached hydrogen (secondary N) is 1. The van der Waals surface area contributed by atoms with E-state index >= 15 is 0 Å². The summed E-state index contributed by atoms with van der Waals surface area (Å²) >= 11 is 0. The number of carbonyl (C=O) groups is 5. The maximum absolute atomic E-state index is 11.9. The summed E-state index contributed by atoms with van der Waals surface area (Å²) in [5.41, 5.74) is 0.540. The van der Waals surface area contributed by atoms with Crippen LogP contribution in [0.1, 0.15) is 25.3 Å². The number of hydrogen-bond donors (Lipinski definition) is 3. The van der Waals surface area contributed by atoms with Crippen LogP contribution in [0.25, 0.3) is 0 Å². The lowest BCUT2D eigenvalue weighted by molar-refractivity contribution is -0.195. The highest BCUT2D eigenvalue weighted by Crippen LogP contribution is 2.29. The van der Waals surface area contributed by atoms with Crippen LogP contribution >= 0.6 is 0 Å². The second-order valence-corrected chi connectivity index (χ2v) is 8.59. The normalized spacial score (nSPS) is 20.6.